The van der Waals surface area contributed by atoms with E-state index in [1.54, 1.807) is 6.20 Å². The second-order valence-corrected chi connectivity index (χ2v) is 7.39. The first-order chi connectivity index (χ1) is 14.6. The van der Waals surface area contributed by atoms with E-state index in [4.69, 9.17) is 9.47 Å². The predicted molar refractivity (Wildman–Crippen MR) is 118 cm³/mol. The van der Waals surface area contributed by atoms with Crippen molar-refractivity contribution in [1.82, 2.24) is 4.98 Å². The Kier molecular flexibility index (Phi) is 7.60. The number of benzene rings is 2. The summed E-state index contributed by atoms with van der Waals surface area (Å²) in [6, 6.07) is 13.8. The number of fused-ring (bicyclic) bond motifs is 1. The highest BCUT2D eigenvalue weighted by atomic mass is 16.6. The second kappa shape index (κ2) is 10.6. The van der Waals surface area contributed by atoms with Crippen LogP contribution in [-0.2, 0) is 6.42 Å². The zero-order valence-corrected chi connectivity index (χ0v) is 17.6. The molecule has 0 spiro atoms. The molecule has 0 amide bonds. The number of unbranched alkanes of at least 4 members (excludes halogenated alkanes) is 4. The van der Waals surface area contributed by atoms with E-state index in [2.05, 4.69) is 29.2 Å². The van der Waals surface area contributed by atoms with Gasteiger partial charge in [-0.25, -0.2) is 4.98 Å². The quantitative estimate of drug-likeness (QED) is 0.220. The summed E-state index contributed by atoms with van der Waals surface area (Å²) < 4.78 is 11.4. The number of ether oxygens (including phenoxy) is 2. The van der Waals surface area contributed by atoms with Crippen molar-refractivity contribution in [2.75, 3.05) is 13.7 Å². The smallest absolute Gasteiger partial charge is 0.299 e. The van der Waals surface area contributed by atoms with Crippen molar-refractivity contribution in [2.24, 2.45) is 0 Å². The first-order valence-corrected chi connectivity index (χ1v) is 10.4. The molecule has 0 aliphatic carbocycles. The van der Waals surface area contributed by atoms with E-state index in [9.17, 15) is 10.1 Å². The number of aryl methyl sites for hydroxylation is 2. The van der Waals surface area contributed by atoms with Crippen LogP contribution in [0.4, 0.5) is 5.69 Å². The third kappa shape index (κ3) is 5.26. The predicted octanol–water partition coefficient (Wildman–Crippen LogP) is 6.03. The molecular formula is C24H28N2O4. The molecule has 6 heteroatoms. The molecule has 6 nitrogen and oxygen atoms in total. The van der Waals surface area contributed by atoms with Crippen LogP contribution in [-0.4, -0.2) is 23.6 Å². The maximum absolute atomic E-state index is 11.5. The number of methoxy groups -OCH3 is 1. The standard InChI is InChI=1S/C24H28N2O4/c1-18-14-15-25-23-20(26(27)28)17-21(29-2)24(22(18)23)30-16-10-5-3-4-7-11-19-12-8-6-9-13-19/h6,8-9,12-15,17H,3-5,7,10-11,16H2,1-2H3. The number of aromatic nitrogens is 1. The van der Waals surface area contributed by atoms with Gasteiger partial charge in [0, 0.05) is 6.20 Å². The summed E-state index contributed by atoms with van der Waals surface area (Å²) in [6.45, 7) is 2.43. The van der Waals surface area contributed by atoms with E-state index in [1.807, 2.05) is 19.1 Å². The van der Waals surface area contributed by atoms with Crippen molar-refractivity contribution < 1.29 is 14.4 Å². The normalized spacial score (nSPS) is 10.9. The molecule has 0 N–H and O–H groups in total. The van der Waals surface area contributed by atoms with Gasteiger partial charge in [0.25, 0.3) is 5.69 Å². The molecule has 0 unspecified atom stereocenters. The van der Waals surface area contributed by atoms with Gasteiger partial charge >= 0.3 is 0 Å². The number of nitro groups is 1. The monoisotopic (exact) mass is 408 g/mol. The Balaban J connectivity index is 1.55. The maximum atomic E-state index is 11.5. The molecule has 1 aromatic heterocycles. The number of nitro benzene ring substituents is 1. The van der Waals surface area contributed by atoms with Crippen LogP contribution in [0, 0.1) is 17.0 Å². The fraction of sp³-hybridized carbons (Fsp3) is 0.375. The van der Waals surface area contributed by atoms with Crippen molar-refractivity contribution in [3.05, 3.63) is 69.9 Å². The van der Waals surface area contributed by atoms with Crippen LogP contribution in [0.15, 0.2) is 48.7 Å². The highest BCUT2D eigenvalue weighted by Gasteiger charge is 2.23. The van der Waals surface area contributed by atoms with Crippen molar-refractivity contribution in [3.63, 3.8) is 0 Å². The fourth-order valence-corrected chi connectivity index (χ4v) is 3.63. The number of hydrogen-bond acceptors (Lipinski definition) is 5. The van der Waals surface area contributed by atoms with Crippen molar-refractivity contribution in [3.8, 4) is 11.5 Å². The summed E-state index contributed by atoms with van der Waals surface area (Å²) in [5, 5.41) is 12.1. The van der Waals surface area contributed by atoms with E-state index in [-0.39, 0.29) is 5.69 Å². The minimum absolute atomic E-state index is 0.0729. The molecule has 0 bridgehead atoms. The average molecular weight is 408 g/mol. The Morgan fingerprint density at radius 1 is 1.03 bits per heavy atom. The topological polar surface area (TPSA) is 74.5 Å². The van der Waals surface area contributed by atoms with Crippen molar-refractivity contribution in [2.45, 2.75) is 45.4 Å². The molecule has 0 aliphatic heterocycles. The van der Waals surface area contributed by atoms with Gasteiger partial charge < -0.3 is 9.47 Å². The lowest BCUT2D eigenvalue weighted by Gasteiger charge is -2.15. The van der Waals surface area contributed by atoms with E-state index < -0.39 is 4.92 Å². The molecule has 0 saturated carbocycles. The third-order valence-corrected chi connectivity index (χ3v) is 5.24. The Morgan fingerprint density at radius 3 is 2.50 bits per heavy atom. The van der Waals surface area contributed by atoms with Gasteiger partial charge in [0.05, 0.1) is 30.1 Å². The number of hydrogen-bond donors (Lipinski definition) is 0. The zero-order chi connectivity index (χ0) is 21.3. The van der Waals surface area contributed by atoms with Crippen LogP contribution in [0.2, 0.25) is 0 Å². The van der Waals surface area contributed by atoms with Gasteiger partial charge in [-0.3, -0.25) is 10.1 Å². The highest BCUT2D eigenvalue weighted by molar-refractivity contribution is 5.96. The van der Waals surface area contributed by atoms with Crippen LogP contribution in [0.1, 0.15) is 43.2 Å². The molecular weight excluding hydrogens is 380 g/mol. The number of non-ortho nitro benzene ring substituents is 1. The molecule has 2 aromatic carbocycles. The molecule has 0 radical (unpaired) electrons. The first-order valence-electron chi connectivity index (χ1n) is 10.4. The lowest BCUT2D eigenvalue weighted by Crippen LogP contribution is -2.03. The summed E-state index contributed by atoms with van der Waals surface area (Å²) >= 11 is 0. The number of nitrogens with zero attached hydrogens (tertiary/aromatic N) is 2. The second-order valence-electron chi connectivity index (χ2n) is 7.39. The van der Waals surface area contributed by atoms with Crippen LogP contribution in [0.3, 0.4) is 0 Å². The molecule has 3 aromatic rings. The van der Waals surface area contributed by atoms with Crippen LogP contribution in [0.5, 0.6) is 11.5 Å². The average Bonchev–Trinajstić information content (AvgIpc) is 2.76. The van der Waals surface area contributed by atoms with Crippen molar-refractivity contribution >= 4 is 16.6 Å². The molecule has 30 heavy (non-hydrogen) atoms. The molecule has 0 aliphatic rings. The van der Waals surface area contributed by atoms with Gasteiger partial charge in [0.1, 0.15) is 0 Å². The van der Waals surface area contributed by atoms with Gasteiger partial charge in [-0.15, -0.1) is 0 Å². The minimum Gasteiger partial charge on any atom is -0.493 e. The molecule has 1 heterocycles. The molecule has 0 saturated heterocycles. The van der Waals surface area contributed by atoms with Crippen LogP contribution in [0.25, 0.3) is 10.9 Å². The van der Waals surface area contributed by atoms with Gasteiger partial charge in [0.2, 0.25) is 0 Å². The number of rotatable bonds is 11. The van der Waals surface area contributed by atoms with Gasteiger partial charge in [0.15, 0.2) is 17.0 Å². The summed E-state index contributed by atoms with van der Waals surface area (Å²) in [7, 11) is 1.50. The SMILES string of the molecule is COc1cc([N+](=O)[O-])c2nccc(C)c2c1OCCCCCCCc1ccccc1. The summed E-state index contributed by atoms with van der Waals surface area (Å²) in [6.07, 6.45) is 8.25. The summed E-state index contributed by atoms with van der Waals surface area (Å²) in [5.74, 6) is 0.904. The molecule has 0 fully saturated rings. The van der Waals surface area contributed by atoms with E-state index >= 15 is 0 Å². The zero-order valence-electron chi connectivity index (χ0n) is 17.6. The van der Waals surface area contributed by atoms with E-state index in [1.165, 1.54) is 31.6 Å². The molecule has 3 rings (SSSR count). The van der Waals surface area contributed by atoms with Gasteiger partial charge in [-0.05, 0) is 43.4 Å². The third-order valence-electron chi connectivity index (χ3n) is 5.24. The Hall–Kier alpha value is -3.15. The van der Waals surface area contributed by atoms with Crippen molar-refractivity contribution in [1.29, 1.82) is 0 Å². The summed E-state index contributed by atoms with van der Waals surface area (Å²) in [4.78, 5) is 15.2. The van der Waals surface area contributed by atoms with E-state index in [0.29, 0.717) is 29.0 Å². The fourth-order valence-electron chi connectivity index (χ4n) is 3.63. The summed E-state index contributed by atoms with van der Waals surface area (Å²) in [5.41, 5.74) is 2.52. The first kappa shape index (κ1) is 21.6. The molecule has 0 atom stereocenters. The Morgan fingerprint density at radius 2 is 1.77 bits per heavy atom. The minimum atomic E-state index is -0.434. The number of pyridine rings is 1. The largest absolute Gasteiger partial charge is 0.493 e. The molecule has 158 valence electrons. The van der Waals surface area contributed by atoms with Crippen LogP contribution < -0.4 is 9.47 Å². The Bertz CT molecular complexity index is 989. The van der Waals surface area contributed by atoms with Crippen LogP contribution >= 0.6 is 0 Å². The highest BCUT2D eigenvalue weighted by Crippen LogP contribution is 2.41. The van der Waals surface area contributed by atoms with Gasteiger partial charge in [-0.2, -0.15) is 0 Å². The lowest BCUT2D eigenvalue weighted by atomic mass is 10.1. The maximum Gasteiger partial charge on any atom is 0.299 e. The van der Waals surface area contributed by atoms with E-state index in [0.717, 1.165) is 31.2 Å². The van der Waals surface area contributed by atoms with Gasteiger partial charge in [-0.1, -0.05) is 49.6 Å². The lowest BCUT2D eigenvalue weighted by molar-refractivity contribution is -0.383. The Labute approximate surface area is 177 Å².